The zero-order chi connectivity index (χ0) is 14.4. The molecule has 104 valence electrons. The topological polar surface area (TPSA) is 84.2 Å². The Kier molecular flexibility index (Phi) is 5.36. The second kappa shape index (κ2) is 6.78. The van der Waals surface area contributed by atoms with Crippen LogP contribution in [0.2, 0.25) is 0 Å². The summed E-state index contributed by atoms with van der Waals surface area (Å²) >= 11 is 0. The molecule has 0 heterocycles. The van der Waals surface area contributed by atoms with E-state index in [2.05, 4.69) is 10.6 Å². The van der Waals surface area contributed by atoms with Crippen molar-refractivity contribution in [1.82, 2.24) is 10.6 Å². The van der Waals surface area contributed by atoms with Crippen LogP contribution in [0, 0.1) is 6.92 Å². The highest BCUT2D eigenvalue weighted by Crippen LogP contribution is 2.12. The number of nitrogens with two attached hydrogens (primary N) is 1. The number of aryl methyl sites for hydroxylation is 1. The molecule has 1 rings (SSSR count). The molecular weight excluding hydrogens is 242 g/mol. The van der Waals surface area contributed by atoms with Gasteiger partial charge in [-0.1, -0.05) is 0 Å². The monoisotopic (exact) mass is 263 g/mol. The first kappa shape index (κ1) is 15.0. The van der Waals surface area contributed by atoms with Crippen LogP contribution in [0.25, 0.3) is 0 Å². The molecule has 0 radical (unpaired) electrons. The number of hydrogen-bond acceptors (Lipinski definition) is 3. The van der Waals surface area contributed by atoms with E-state index >= 15 is 0 Å². The second-order valence-electron chi connectivity index (χ2n) is 4.80. The Labute approximate surface area is 113 Å². The molecule has 0 aliphatic carbocycles. The summed E-state index contributed by atoms with van der Waals surface area (Å²) in [4.78, 5) is 23.2. The largest absolute Gasteiger partial charge is 0.399 e. The van der Waals surface area contributed by atoms with Crippen LogP contribution in [0.5, 0.6) is 0 Å². The van der Waals surface area contributed by atoms with Crippen molar-refractivity contribution in [3.63, 3.8) is 0 Å². The number of hydrogen-bond donors (Lipinski definition) is 3. The Morgan fingerprint density at radius 2 is 2.00 bits per heavy atom. The van der Waals surface area contributed by atoms with Crippen molar-refractivity contribution >= 4 is 17.5 Å². The fraction of sp³-hybridized carbons (Fsp3) is 0.429. The summed E-state index contributed by atoms with van der Waals surface area (Å²) in [6.45, 7) is 5.96. The molecule has 4 N–H and O–H groups in total. The molecule has 0 fully saturated rings. The lowest BCUT2D eigenvalue weighted by atomic mass is 10.1. The molecule has 5 heteroatoms. The van der Waals surface area contributed by atoms with Crippen LogP contribution in [0.3, 0.4) is 0 Å². The Bertz CT molecular complexity index is 470. The quantitative estimate of drug-likeness (QED) is 0.698. The van der Waals surface area contributed by atoms with Crippen LogP contribution in [0.1, 0.15) is 36.2 Å². The van der Waals surface area contributed by atoms with E-state index in [0.29, 0.717) is 17.8 Å². The Morgan fingerprint density at radius 3 is 2.58 bits per heavy atom. The lowest BCUT2D eigenvalue weighted by molar-refractivity contribution is -0.121. The van der Waals surface area contributed by atoms with Gasteiger partial charge >= 0.3 is 0 Å². The van der Waals surface area contributed by atoms with Crippen molar-refractivity contribution in [1.29, 1.82) is 0 Å². The maximum atomic E-state index is 11.8. The number of amides is 2. The number of carbonyl (C=O) groups is 2. The molecule has 2 amide bonds. The van der Waals surface area contributed by atoms with Crippen molar-refractivity contribution in [2.24, 2.45) is 0 Å². The SMILES string of the molecule is Cc1cc(C(=O)NCCC(=O)NC(C)C)ccc1N. The summed E-state index contributed by atoms with van der Waals surface area (Å²) in [5.74, 6) is -0.260. The van der Waals surface area contributed by atoms with E-state index in [0.717, 1.165) is 5.56 Å². The van der Waals surface area contributed by atoms with E-state index in [4.69, 9.17) is 5.73 Å². The summed E-state index contributed by atoms with van der Waals surface area (Å²) in [5, 5.41) is 5.48. The third kappa shape index (κ3) is 4.99. The van der Waals surface area contributed by atoms with E-state index in [1.165, 1.54) is 0 Å². The zero-order valence-electron chi connectivity index (χ0n) is 11.6. The minimum Gasteiger partial charge on any atom is -0.399 e. The van der Waals surface area contributed by atoms with Crippen molar-refractivity contribution in [2.45, 2.75) is 33.2 Å². The predicted molar refractivity (Wildman–Crippen MR) is 75.8 cm³/mol. The molecule has 1 aromatic rings. The summed E-state index contributed by atoms with van der Waals surface area (Å²) in [5.41, 5.74) is 7.77. The van der Waals surface area contributed by atoms with Crippen molar-refractivity contribution < 1.29 is 9.59 Å². The van der Waals surface area contributed by atoms with Gasteiger partial charge in [0.25, 0.3) is 5.91 Å². The first-order valence-electron chi connectivity index (χ1n) is 6.34. The third-order valence-corrected chi connectivity index (χ3v) is 2.62. The molecular formula is C14H21N3O2. The van der Waals surface area contributed by atoms with Gasteiger partial charge in [-0.2, -0.15) is 0 Å². The fourth-order valence-electron chi connectivity index (χ4n) is 1.60. The summed E-state index contributed by atoms with van der Waals surface area (Å²) in [6, 6.07) is 5.23. The fourth-order valence-corrected chi connectivity index (χ4v) is 1.60. The molecule has 0 atom stereocenters. The van der Waals surface area contributed by atoms with E-state index < -0.39 is 0 Å². The van der Waals surface area contributed by atoms with Crippen molar-refractivity contribution in [3.8, 4) is 0 Å². The molecule has 0 aromatic heterocycles. The average molecular weight is 263 g/mol. The number of anilines is 1. The van der Waals surface area contributed by atoms with Gasteiger partial charge < -0.3 is 16.4 Å². The van der Waals surface area contributed by atoms with Crippen molar-refractivity contribution in [3.05, 3.63) is 29.3 Å². The van der Waals surface area contributed by atoms with Crippen LogP contribution >= 0.6 is 0 Å². The third-order valence-electron chi connectivity index (χ3n) is 2.62. The Morgan fingerprint density at radius 1 is 1.32 bits per heavy atom. The lowest BCUT2D eigenvalue weighted by Gasteiger charge is -2.09. The van der Waals surface area contributed by atoms with Crippen LogP contribution in [-0.4, -0.2) is 24.4 Å². The van der Waals surface area contributed by atoms with Gasteiger partial charge in [-0.05, 0) is 44.5 Å². The molecule has 0 bridgehead atoms. The first-order chi connectivity index (χ1) is 8.90. The Hall–Kier alpha value is -2.04. The molecule has 0 saturated heterocycles. The van der Waals surface area contributed by atoms with Crippen LogP contribution in [0.4, 0.5) is 5.69 Å². The second-order valence-corrected chi connectivity index (χ2v) is 4.80. The van der Waals surface area contributed by atoms with E-state index in [-0.39, 0.29) is 24.3 Å². The van der Waals surface area contributed by atoms with Crippen LogP contribution in [-0.2, 0) is 4.79 Å². The van der Waals surface area contributed by atoms with Crippen LogP contribution < -0.4 is 16.4 Å². The highest BCUT2D eigenvalue weighted by Gasteiger charge is 2.08. The lowest BCUT2D eigenvalue weighted by Crippen LogP contribution is -2.34. The van der Waals surface area contributed by atoms with Gasteiger partial charge in [0.1, 0.15) is 0 Å². The zero-order valence-corrected chi connectivity index (χ0v) is 11.6. The minimum absolute atomic E-state index is 0.0659. The highest BCUT2D eigenvalue weighted by molar-refractivity contribution is 5.95. The molecule has 5 nitrogen and oxygen atoms in total. The standard InChI is InChI=1S/C14H21N3O2/c1-9(2)17-13(18)6-7-16-14(19)11-4-5-12(15)10(3)8-11/h4-5,8-9H,6-7,15H2,1-3H3,(H,16,19)(H,17,18). The highest BCUT2D eigenvalue weighted by atomic mass is 16.2. The molecule has 0 aliphatic rings. The van der Waals surface area contributed by atoms with E-state index in [9.17, 15) is 9.59 Å². The number of rotatable bonds is 5. The van der Waals surface area contributed by atoms with Gasteiger partial charge in [-0.25, -0.2) is 0 Å². The molecule has 1 aromatic carbocycles. The molecule has 19 heavy (non-hydrogen) atoms. The van der Waals surface area contributed by atoms with Gasteiger partial charge in [0.2, 0.25) is 5.91 Å². The number of benzene rings is 1. The van der Waals surface area contributed by atoms with E-state index in [1.54, 1.807) is 18.2 Å². The maximum absolute atomic E-state index is 11.8. The number of nitrogen functional groups attached to an aromatic ring is 1. The smallest absolute Gasteiger partial charge is 0.251 e. The van der Waals surface area contributed by atoms with Crippen molar-refractivity contribution in [2.75, 3.05) is 12.3 Å². The number of carbonyl (C=O) groups excluding carboxylic acids is 2. The van der Waals surface area contributed by atoms with Gasteiger partial charge in [-0.15, -0.1) is 0 Å². The maximum Gasteiger partial charge on any atom is 0.251 e. The average Bonchev–Trinajstić information content (AvgIpc) is 2.31. The summed E-state index contributed by atoms with van der Waals surface area (Å²) in [6.07, 6.45) is 0.276. The molecule has 0 aliphatic heterocycles. The molecule has 0 unspecified atom stereocenters. The van der Waals surface area contributed by atoms with Gasteiger partial charge in [0.15, 0.2) is 0 Å². The number of nitrogens with one attached hydrogen (secondary N) is 2. The van der Waals surface area contributed by atoms with E-state index in [1.807, 2.05) is 20.8 Å². The molecule has 0 spiro atoms. The summed E-state index contributed by atoms with van der Waals surface area (Å²) in [7, 11) is 0. The minimum atomic E-state index is -0.194. The first-order valence-corrected chi connectivity index (χ1v) is 6.34. The van der Waals surface area contributed by atoms with Gasteiger partial charge in [0, 0.05) is 30.3 Å². The normalized spacial score (nSPS) is 10.3. The van der Waals surface area contributed by atoms with Gasteiger partial charge in [0.05, 0.1) is 0 Å². The summed E-state index contributed by atoms with van der Waals surface area (Å²) < 4.78 is 0. The Balaban J connectivity index is 2.43. The van der Waals surface area contributed by atoms with Gasteiger partial charge in [-0.3, -0.25) is 9.59 Å². The molecule has 0 saturated carbocycles. The van der Waals surface area contributed by atoms with Crippen LogP contribution in [0.15, 0.2) is 18.2 Å². The predicted octanol–water partition coefficient (Wildman–Crippen LogP) is 1.22.